The van der Waals surface area contributed by atoms with Crippen molar-refractivity contribution in [1.29, 1.82) is 5.26 Å². The summed E-state index contributed by atoms with van der Waals surface area (Å²) in [6.45, 7) is 8.19. The van der Waals surface area contributed by atoms with Gasteiger partial charge in [-0.05, 0) is 74.8 Å². The maximum absolute atomic E-state index is 14.0. The highest BCUT2D eigenvalue weighted by atomic mass is 35.5. The number of carbonyl (C=O) groups excluding carboxylic acids is 1. The van der Waals surface area contributed by atoms with E-state index < -0.39 is 17.8 Å². The van der Waals surface area contributed by atoms with Gasteiger partial charge in [0, 0.05) is 35.6 Å². The predicted octanol–water partition coefficient (Wildman–Crippen LogP) is 6.71. The zero-order valence-electron chi connectivity index (χ0n) is 27.3. The number of nitrogens with zero attached hydrogens (tertiary/aromatic N) is 6. The number of hydrogen-bond donors (Lipinski definition) is 0. The Balaban J connectivity index is 1.40. The first-order valence-electron chi connectivity index (χ1n) is 16.5. The molecule has 248 valence electrons. The number of rotatable bonds is 7. The van der Waals surface area contributed by atoms with Gasteiger partial charge in [-0.15, -0.1) is 0 Å². The quantitative estimate of drug-likeness (QED) is 0.201. The van der Waals surface area contributed by atoms with Gasteiger partial charge in [0.2, 0.25) is 0 Å². The zero-order valence-corrected chi connectivity index (χ0v) is 28.0. The van der Waals surface area contributed by atoms with Gasteiger partial charge < -0.3 is 19.3 Å². The zero-order chi connectivity index (χ0) is 33.6. The summed E-state index contributed by atoms with van der Waals surface area (Å²) in [4.78, 5) is 28.4. The van der Waals surface area contributed by atoms with E-state index in [1.807, 2.05) is 23.1 Å². The molecule has 9 nitrogen and oxygen atoms in total. The second kappa shape index (κ2) is 12.9. The topological polar surface area (TPSA) is 94.8 Å². The maximum Gasteiger partial charge on any atom is 0.319 e. The van der Waals surface area contributed by atoms with Crippen molar-refractivity contribution in [2.75, 3.05) is 51.3 Å². The molecular formula is C37H38ClFN6O3. The summed E-state index contributed by atoms with van der Waals surface area (Å²) in [6.07, 6.45) is 3.78. The van der Waals surface area contributed by atoms with Crippen molar-refractivity contribution in [2.45, 2.75) is 50.6 Å². The van der Waals surface area contributed by atoms with Gasteiger partial charge in [-0.25, -0.2) is 4.39 Å². The number of carbonyl (C=O) groups is 1. The van der Waals surface area contributed by atoms with E-state index in [2.05, 4.69) is 55.8 Å². The molecule has 0 N–H and O–H groups in total. The van der Waals surface area contributed by atoms with Crippen molar-refractivity contribution >= 4 is 45.0 Å². The number of benzene rings is 3. The Bertz CT molecular complexity index is 1980. The lowest BCUT2D eigenvalue weighted by molar-refractivity contribution is -0.131. The Kier molecular flexibility index (Phi) is 8.60. The number of anilines is 1. The predicted molar refractivity (Wildman–Crippen MR) is 185 cm³/mol. The van der Waals surface area contributed by atoms with Gasteiger partial charge in [0.15, 0.2) is 5.83 Å². The maximum atomic E-state index is 14.0. The van der Waals surface area contributed by atoms with E-state index in [0.717, 1.165) is 65.1 Å². The first-order valence-corrected chi connectivity index (χ1v) is 16.9. The minimum absolute atomic E-state index is 0.0349. The van der Waals surface area contributed by atoms with Gasteiger partial charge >= 0.3 is 6.01 Å². The van der Waals surface area contributed by atoms with Crippen LogP contribution in [0.3, 0.4) is 0 Å². The van der Waals surface area contributed by atoms with E-state index in [4.69, 9.17) is 31.0 Å². The summed E-state index contributed by atoms with van der Waals surface area (Å²) in [6, 6.07) is 16.0. The molecular weight excluding hydrogens is 631 g/mol. The fourth-order valence-electron chi connectivity index (χ4n) is 7.46. The second-order valence-corrected chi connectivity index (χ2v) is 13.6. The molecule has 4 aromatic rings. The SMILES string of the molecule is C=C(F)C(=O)N1CCN(c2nc(OC[C@]3(C)CCCN3C)nc3cc(-c4cccc5cccc(Cl)c45)c4c(c23)OCCC4)C[C@@H]1CC#N. The molecule has 2 fully saturated rings. The molecule has 0 saturated carbocycles. The molecule has 0 aliphatic carbocycles. The van der Waals surface area contributed by atoms with Crippen molar-refractivity contribution in [3.05, 3.63) is 65.5 Å². The lowest BCUT2D eigenvalue weighted by Gasteiger charge is -2.41. The highest BCUT2D eigenvalue weighted by Gasteiger charge is 2.37. The van der Waals surface area contributed by atoms with Crippen LogP contribution >= 0.6 is 11.6 Å². The average molecular weight is 669 g/mol. The molecule has 7 rings (SSSR count). The van der Waals surface area contributed by atoms with Crippen molar-refractivity contribution in [2.24, 2.45) is 0 Å². The highest BCUT2D eigenvalue weighted by molar-refractivity contribution is 6.36. The Morgan fingerprint density at radius 1 is 1.17 bits per heavy atom. The van der Waals surface area contributed by atoms with E-state index in [1.54, 1.807) is 0 Å². The van der Waals surface area contributed by atoms with Crippen LogP contribution in [0.2, 0.25) is 5.02 Å². The van der Waals surface area contributed by atoms with E-state index in [-0.39, 0.29) is 31.1 Å². The number of aromatic nitrogens is 2. The van der Waals surface area contributed by atoms with E-state index in [9.17, 15) is 14.4 Å². The first-order chi connectivity index (χ1) is 23.2. The third-order valence-corrected chi connectivity index (χ3v) is 10.5. The number of nitriles is 1. The summed E-state index contributed by atoms with van der Waals surface area (Å²) >= 11 is 6.82. The molecule has 0 spiro atoms. The lowest BCUT2D eigenvalue weighted by atomic mass is 9.89. The van der Waals surface area contributed by atoms with Gasteiger partial charge in [-0.3, -0.25) is 9.69 Å². The van der Waals surface area contributed by atoms with Crippen LogP contribution in [0.15, 0.2) is 54.9 Å². The minimum atomic E-state index is -1.04. The van der Waals surface area contributed by atoms with Gasteiger partial charge in [-0.2, -0.15) is 15.2 Å². The molecule has 3 aliphatic heterocycles. The number of hydrogen-bond acceptors (Lipinski definition) is 8. The molecule has 1 amide bonds. The van der Waals surface area contributed by atoms with Crippen LogP contribution in [0, 0.1) is 11.3 Å². The van der Waals surface area contributed by atoms with Crippen LogP contribution in [0.25, 0.3) is 32.8 Å². The normalized spacial score (nSPS) is 21.2. The van der Waals surface area contributed by atoms with Crippen LogP contribution in [0.1, 0.15) is 38.2 Å². The Morgan fingerprint density at radius 3 is 2.73 bits per heavy atom. The molecule has 11 heteroatoms. The summed E-state index contributed by atoms with van der Waals surface area (Å²) in [5.74, 6) is -0.507. The smallest absolute Gasteiger partial charge is 0.319 e. The van der Waals surface area contributed by atoms with Crippen LogP contribution in [0.4, 0.5) is 10.2 Å². The molecule has 4 heterocycles. The summed E-state index contributed by atoms with van der Waals surface area (Å²) in [7, 11) is 2.11. The molecule has 0 radical (unpaired) electrons. The number of amides is 1. The number of likely N-dealkylation sites (tertiary alicyclic amines) is 1. The van der Waals surface area contributed by atoms with E-state index in [0.29, 0.717) is 41.9 Å². The fourth-order valence-corrected chi connectivity index (χ4v) is 7.74. The van der Waals surface area contributed by atoms with Crippen LogP contribution in [0.5, 0.6) is 11.8 Å². The third-order valence-electron chi connectivity index (χ3n) is 10.2. The average Bonchev–Trinajstić information content (AvgIpc) is 3.43. The summed E-state index contributed by atoms with van der Waals surface area (Å²) < 4.78 is 26.9. The molecule has 2 saturated heterocycles. The van der Waals surface area contributed by atoms with Gasteiger partial charge in [-0.1, -0.05) is 48.5 Å². The van der Waals surface area contributed by atoms with Crippen molar-refractivity contribution < 1.29 is 18.7 Å². The number of halogens is 2. The molecule has 0 bridgehead atoms. The molecule has 0 unspecified atom stereocenters. The monoisotopic (exact) mass is 668 g/mol. The highest BCUT2D eigenvalue weighted by Crippen LogP contribution is 2.46. The van der Waals surface area contributed by atoms with Crippen LogP contribution in [-0.4, -0.2) is 83.7 Å². The molecule has 2 atom stereocenters. The standard InChI is InChI=1S/C37H38ClFN6O3/c1-23(39)35(46)45-18-17-44(21-25(45)13-15-40)34-32-30(41-36(42-34)48-22-37(2)14-7-16-43(37)3)20-28(27-11-6-19-47-33(27)32)26-10-4-8-24-9-5-12-29(38)31(24)26/h4-5,8-10,12,20,25H,1,6-7,11,13-14,16-19,21-22H2,2-3H3/t25-,37-/m0/s1. The van der Waals surface area contributed by atoms with Gasteiger partial charge in [0.1, 0.15) is 18.2 Å². The van der Waals surface area contributed by atoms with Crippen molar-refractivity contribution in [1.82, 2.24) is 19.8 Å². The van der Waals surface area contributed by atoms with Gasteiger partial charge in [0.25, 0.3) is 5.91 Å². The summed E-state index contributed by atoms with van der Waals surface area (Å²) in [5.41, 5.74) is 3.55. The second-order valence-electron chi connectivity index (χ2n) is 13.2. The molecule has 3 aromatic carbocycles. The minimum Gasteiger partial charge on any atom is -0.492 e. The molecule has 48 heavy (non-hydrogen) atoms. The first kappa shape index (κ1) is 32.1. The molecule has 3 aliphatic rings. The third kappa shape index (κ3) is 5.69. The van der Waals surface area contributed by atoms with E-state index >= 15 is 0 Å². The number of fused-ring (bicyclic) bond motifs is 4. The van der Waals surface area contributed by atoms with E-state index in [1.165, 1.54) is 4.90 Å². The summed E-state index contributed by atoms with van der Waals surface area (Å²) in [5, 5.41) is 13.1. The van der Waals surface area contributed by atoms with Crippen molar-refractivity contribution in [3.8, 4) is 29.0 Å². The largest absolute Gasteiger partial charge is 0.492 e. The number of likely N-dealkylation sites (N-methyl/N-ethyl adjacent to an activating group) is 1. The van der Waals surface area contributed by atoms with Crippen molar-refractivity contribution in [3.63, 3.8) is 0 Å². The number of piperazine rings is 1. The van der Waals surface area contributed by atoms with Gasteiger partial charge in [0.05, 0.1) is 41.6 Å². The Hall–Kier alpha value is -4.46. The molecule has 1 aromatic heterocycles. The van der Waals surface area contributed by atoms with Crippen LogP contribution < -0.4 is 14.4 Å². The number of ether oxygens (including phenoxy) is 2. The Labute approximate surface area is 284 Å². The lowest BCUT2D eigenvalue weighted by Crippen LogP contribution is -2.55. The Morgan fingerprint density at radius 2 is 1.98 bits per heavy atom. The fraction of sp³-hybridized carbons (Fsp3) is 0.405. The van der Waals surface area contributed by atoms with Crippen LogP contribution in [-0.2, 0) is 11.2 Å².